The molecule has 1 aliphatic rings. The quantitative estimate of drug-likeness (QED) is 0.911. The molecule has 21 heavy (non-hydrogen) atoms. The third-order valence-corrected chi connectivity index (χ3v) is 3.78. The van der Waals surface area contributed by atoms with E-state index in [0.717, 1.165) is 36.5 Å². The third-order valence-electron chi connectivity index (χ3n) is 3.78. The van der Waals surface area contributed by atoms with Gasteiger partial charge in [-0.05, 0) is 50.5 Å². The highest BCUT2D eigenvalue weighted by Gasteiger charge is 2.17. The van der Waals surface area contributed by atoms with Crippen molar-refractivity contribution in [2.24, 2.45) is 0 Å². The lowest BCUT2D eigenvalue weighted by atomic mass is 10.0. The molecule has 0 bridgehead atoms. The number of carbonyl (C=O) groups excluding carboxylic acids is 1. The fraction of sp³-hybridized carbons (Fsp3) is 0.375. The SMILES string of the molecule is CCn1nc(C)cc1C(=O)Nc1cccc2c1CCCN2. The third kappa shape index (κ3) is 2.63. The Bertz CT molecular complexity index is 675. The topological polar surface area (TPSA) is 59.0 Å². The molecule has 2 heterocycles. The van der Waals surface area contributed by atoms with Crippen LogP contribution in [0.4, 0.5) is 11.4 Å². The van der Waals surface area contributed by atoms with Gasteiger partial charge in [-0.2, -0.15) is 5.10 Å². The van der Waals surface area contributed by atoms with Gasteiger partial charge < -0.3 is 10.6 Å². The van der Waals surface area contributed by atoms with Gasteiger partial charge in [0.25, 0.3) is 5.91 Å². The number of carbonyl (C=O) groups is 1. The Morgan fingerprint density at radius 3 is 3.14 bits per heavy atom. The number of nitrogens with zero attached hydrogens (tertiary/aromatic N) is 2. The van der Waals surface area contributed by atoms with Crippen molar-refractivity contribution in [2.45, 2.75) is 33.2 Å². The highest BCUT2D eigenvalue weighted by Crippen LogP contribution is 2.29. The van der Waals surface area contributed by atoms with E-state index in [1.54, 1.807) is 4.68 Å². The molecule has 1 aromatic heterocycles. The predicted octanol–water partition coefficient (Wildman–Crippen LogP) is 2.82. The fourth-order valence-electron chi connectivity index (χ4n) is 2.78. The molecule has 1 amide bonds. The Morgan fingerprint density at radius 2 is 2.33 bits per heavy atom. The van der Waals surface area contributed by atoms with Crippen molar-refractivity contribution in [1.29, 1.82) is 0 Å². The molecule has 2 aromatic rings. The first-order valence-electron chi connectivity index (χ1n) is 7.40. The number of aryl methyl sites for hydroxylation is 2. The van der Waals surface area contributed by atoms with E-state index in [-0.39, 0.29) is 5.91 Å². The summed E-state index contributed by atoms with van der Waals surface area (Å²) in [6.07, 6.45) is 2.08. The van der Waals surface area contributed by atoms with Crippen LogP contribution in [0.1, 0.15) is 35.1 Å². The standard InChI is InChI=1S/C16H20N4O/c1-3-20-15(10-11(2)19-20)16(21)18-14-8-4-7-13-12(14)6-5-9-17-13/h4,7-8,10,17H,3,5-6,9H2,1-2H3,(H,18,21). The second kappa shape index (κ2) is 5.60. The van der Waals surface area contributed by atoms with Gasteiger partial charge in [0.05, 0.1) is 5.69 Å². The molecule has 5 nitrogen and oxygen atoms in total. The molecular weight excluding hydrogens is 264 g/mol. The number of fused-ring (bicyclic) bond motifs is 1. The number of anilines is 2. The van der Waals surface area contributed by atoms with Gasteiger partial charge in [0.2, 0.25) is 0 Å². The van der Waals surface area contributed by atoms with Crippen molar-refractivity contribution in [3.05, 3.63) is 41.2 Å². The van der Waals surface area contributed by atoms with E-state index in [9.17, 15) is 4.79 Å². The number of rotatable bonds is 3. The first-order chi connectivity index (χ1) is 10.2. The summed E-state index contributed by atoms with van der Waals surface area (Å²) in [6.45, 7) is 5.56. The Morgan fingerprint density at radius 1 is 1.48 bits per heavy atom. The van der Waals surface area contributed by atoms with E-state index >= 15 is 0 Å². The van der Waals surface area contributed by atoms with Gasteiger partial charge in [0.1, 0.15) is 5.69 Å². The largest absolute Gasteiger partial charge is 0.385 e. The molecule has 0 saturated heterocycles. The summed E-state index contributed by atoms with van der Waals surface area (Å²) in [4.78, 5) is 12.5. The minimum Gasteiger partial charge on any atom is -0.385 e. The van der Waals surface area contributed by atoms with Crippen LogP contribution < -0.4 is 10.6 Å². The minimum atomic E-state index is -0.101. The maximum atomic E-state index is 12.5. The summed E-state index contributed by atoms with van der Waals surface area (Å²) in [5, 5.41) is 10.7. The summed E-state index contributed by atoms with van der Waals surface area (Å²) in [5.74, 6) is -0.101. The van der Waals surface area contributed by atoms with E-state index in [1.807, 2.05) is 32.0 Å². The lowest BCUT2D eigenvalue weighted by Crippen LogP contribution is -2.20. The molecular formula is C16H20N4O. The molecule has 0 atom stereocenters. The lowest BCUT2D eigenvalue weighted by molar-refractivity contribution is 0.101. The molecule has 5 heteroatoms. The molecule has 0 saturated carbocycles. The number of nitrogens with one attached hydrogen (secondary N) is 2. The highest BCUT2D eigenvalue weighted by atomic mass is 16.2. The van der Waals surface area contributed by atoms with Crippen LogP contribution in [-0.2, 0) is 13.0 Å². The zero-order valence-electron chi connectivity index (χ0n) is 12.4. The summed E-state index contributed by atoms with van der Waals surface area (Å²) in [5.41, 5.74) is 4.68. The maximum Gasteiger partial charge on any atom is 0.273 e. The number of hydrogen-bond acceptors (Lipinski definition) is 3. The summed E-state index contributed by atoms with van der Waals surface area (Å²) in [7, 11) is 0. The van der Waals surface area contributed by atoms with Gasteiger partial charge in [-0.1, -0.05) is 6.07 Å². The molecule has 0 radical (unpaired) electrons. The van der Waals surface area contributed by atoms with E-state index in [0.29, 0.717) is 12.2 Å². The van der Waals surface area contributed by atoms with E-state index < -0.39 is 0 Å². The average molecular weight is 284 g/mol. The van der Waals surface area contributed by atoms with Crippen molar-refractivity contribution in [3.63, 3.8) is 0 Å². The van der Waals surface area contributed by atoms with Gasteiger partial charge in [-0.3, -0.25) is 9.48 Å². The molecule has 0 spiro atoms. The van der Waals surface area contributed by atoms with Crippen LogP contribution in [0, 0.1) is 6.92 Å². The molecule has 0 aliphatic carbocycles. The Labute approximate surface area is 124 Å². The Hall–Kier alpha value is -2.30. The number of aromatic nitrogens is 2. The lowest BCUT2D eigenvalue weighted by Gasteiger charge is -2.21. The van der Waals surface area contributed by atoms with E-state index in [4.69, 9.17) is 0 Å². The number of benzene rings is 1. The van der Waals surface area contributed by atoms with Crippen LogP contribution in [0.3, 0.4) is 0 Å². The molecule has 0 fully saturated rings. The van der Waals surface area contributed by atoms with Crippen molar-refractivity contribution in [3.8, 4) is 0 Å². The first-order valence-corrected chi connectivity index (χ1v) is 7.40. The molecule has 1 aromatic carbocycles. The van der Waals surface area contributed by atoms with Crippen LogP contribution in [-0.4, -0.2) is 22.2 Å². The van der Waals surface area contributed by atoms with Crippen molar-refractivity contribution < 1.29 is 4.79 Å². The van der Waals surface area contributed by atoms with Crippen LogP contribution >= 0.6 is 0 Å². The summed E-state index contributed by atoms with van der Waals surface area (Å²) < 4.78 is 1.73. The number of hydrogen-bond donors (Lipinski definition) is 2. The second-order valence-electron chi connectivity index (χ2n) is 5.30. The summed E-state index contributed by atoms with van der Waals surface area (Å²) in [6, 6.07) is 7.81. The highest BCUT2D eigenvalue weighted by molar-refractivity contribution is 6.04. The van der Waals surface area contributed by atoms with Gasteiger partial charge in [-0.15, -0.1) is 0 Å². The minimum absolute atomic E-state index is 0.101. The van der Waals surface area contributed by atoms with Gasteiger partial charge >= 0.3 is 0 Å². The molecule has 110 valence electrons. The van der Waals surface area contributed by atoms with E-state index in [1.165, 1.54) is 5.56 Å². The zero-order valence-corrected chi connectivity index (χ0v) is 12.4. The molecule has 2 N–H and O–H groups in total. The van der Waals surface area contributed by atoms with Crippen LogP contribution in [0.5, 0.6) is 0 Å². The first kappa shape index (κ1) is 13.7. The molecule has 1 aliphatic heterocycles. The van der Waals surface area contributed by atoms with Crippen molar-refractivity contribution >= 4 is 17.3 Å². The normalized spacial score (nSPS) is 13.4. The Balaban J connectivity index is 1.88. The van der Waals surface area contributed by atoms with Gasteiger partial charge in [0.15, 0.2) is 0 Å². The molecule has 0 unspecified atom stereocenters. The number of amides is 1. The van der Waals surface area contributed by atoms with Crippen molar-refractivity contribution in [2.75, 3.05) is 17.2 Å². The Kier molecular flexibility index (Phi) is 3.64. The second-order valence-corrected chi connectivity index (χ2v) is 5.30. The fourth-order valence-corrected chi connectivity index (χ4v) is 2.78. The van der Waals surface area contributed by atoms with Crippen LogP contribution in [0.2, 0.25) is 0 Å². The predicted molar refractivity (Wildman–Crippen MR) is 83.8 cm³/mol. The maximum absolute atomic E-state index is 12.5. The summed E-state index contributed by atoms with van der Waals surface area (Å²) >= 11 is 0. The van der Waals surface area contributed by atoms with Gasteiger partial charge in [-0.25, -0.2) is 0 Å². The van der Waals surface area contributed by atoms with E-state index in [2.05, 4.69) is 21.8 Å². The van der Waals surface area contributed by atoms with Gasteiger partial charge in [0, 0.05) is 24.5 Å². The monoisotopic (exact) mass is 284 g/mol. The zero-order chi connectivity index (χ0) is 14.8. The van der Waals surface area contributed by atoms with Crippen LogP contribution in [0.25, 0.3) is 0 Å². The van der Waals surface area contributed by atoms with Crippen LogP contribution in [0.15, 0.2) is 24.3 Å². The smallest absolute Gasteiger partial charge is 0.273 e. The molecule has 3 rings (SSSR count). The average Bonchev–Trinajstić information content (AvgIpc) is 2.89. The van der Waals surface area contributed by atoms with Crippen molar-refractivity contribution in [1.82, 2.24) is 9.78 Å².